The molecule has 0 bridgehead atoms. The Kier molecular flexibility index (Phi) is 9.90. The molecular formula is C17H27IN6O. The molecule has 0 aliphatic rings. The molecule has 138 valence electrons. The number of methoxy groups -OCH3 is 1. The molecule has 0 aliphatic carbocycles. The highest BCUT2D eigenvalue weighted by Gasteiger charge is 2.06. The minimum absolute atomic E-state index is 0. The van der Waals surface area contributed by atoms with E-state index in [-0.39, 0.29) is 24.0 Å². The number of halogens is 1. The Bertz CT molecular complexity index is 615. The van der Waals surface area contributed by atoms with E-state index in [0.717, 1.165) is 44.2 Å². The second-order valence-corrected chi connectivity index (χ2v) is 5.58. The fourth-order valence-corrected chi connectivity index (χ4v) is 2.42. The lowest BCUT2D eigenvalue weighted by Gasteiger charge is -2.22. The van der Waals surface area contributed by atoms with Crippen LogP contribution in [0, 0.1) is 0 Å². The van der Waals surface area contributed by atoms with E-state index in [0.29, 0.717) is 0 Å². The molecule has 0 aliphatic heterocycles. The Labute approximate surface area is 166 Å². The molecule has 0 amide bonds. The van der Waals surface area contributed by atoms with Crippen molar-refractivity contribution < 1.29 is 4.74 Å². The van der Waals surface area contributed by atoms with Gasteiger partial charge in [-0.2, -0.15) is 0 Å². The van der Waals surface area contributed by atoms with Gasteiger partial charge in [-0.3, -0.25) is 4.99 Å². The Morgan fingerprint density at radius 3 is 2.48 bits per heavy atom. The van der Waals surface area contributed by atoms with Crippen LogP contribution in [0.25, 0.3) is 0 Å². The van der Waals surface area contributed by atoms with Crippen molar-refractivity contribution in [1.82, 2.24) is 25.0 Å². The number of nitrogens with zero attached hydrogens (tertiary/aromatic N) is 5. The Morgan fingerprint density at radius 1 is 1.20 bits per heavy atom. The molecule has 0 atom stereocenters. The smallest absolute Gasteiger partial charge is 0.193 e. The van der Waals surface area contributed by atoms with E-state index in [9.17, 15) is 0 Å². The molecule has 7 nitrogen and oxygen atoms in total. The fourth-order valence-electron chi connectivity index (χ4n) is 2.42. The molecular weight excluding hydrogens is 431 g/mol. The van der Waals surface area contributed by atoms with Crippen molar-refractivity contribution in [3.8, 4) is 5.75 Å². The van der Waals surface area contributed by atoms with Crippen LogP contribution in [0.4, 0.5) is 0 Å². The third kappa shape index (κ3) is 7.29. The highest BCUT2D eigenvalue weighted by Crippen LogP contribution is 2.12. The van der Waals surface area contributed by atoms with E-state index >= 15 is 0 Å². The van der Waals surface area contributed by atoms with Gasteiger partial charge in [0.15, 0.2) is 5.96 Å². The van der Waals surface area contributed by atoms with Gasteiger partial charge in [0, 0.05) is 33.7 Å². The van der Waals surface area contributed by atoms with Gasteiger partial charge in [0.2, 0.25) is 0 Å². The molecule has 2 aromatic rings. The maximum absolute atomic E-state index is 5.19. The maximum Gasteiger partial charge on any atom is 0.193 e. The van der Waals surface area contributed by atoms with E-state index in [4.69, 9.17) is 4.74 Å². The van der Waals surface area contributed by atoms with Crippen LogP contribution in [0.5, 0.6) is 5.75 Å². The largest absolute Gasteiger partial charge is 0.497 e. The maximum atomic E-state index is 5.19. The summed E-state index contributed by atoms with van der Waals surface area (Å²) in [5.41, 5.74) is 1.22. The first-order valence-electron chi connectivity index (χ1n) is 8.10. The van der Waals surface area contributed by atoms with Crippen molar-refractivity contribution in [3.05, 3.63) is 42.5 Å². The summed E-state index contributed by atoms with van der Waals surface area (Å²) in [7, 11) is 5.52. The predicted molar refractivity (Wildman–Crippen MR) is 110 cm³/mol. The summed E-state index contributed by atoms with van der Waals surface area (Å²) in [5, 5.41) is 11.0. The van der Waals surface area contributed by atoms with Gasteiger partial charge in [-0.15, -0.1) is 34.2 Å². The number of aliphatic imine (C=N–C) groups is 1. The average Bonchev–Trinajstić information content (AvgIpc) is 3.12. The van der Waals surface area contributed by atoms with Gasteiger partial charge in [-0.05, 0) is 30.5 Å². The van der Waals surface area contributed by atoms with Gasteiger partial charge in [-0.1, -0.05) is 12.1 Å². The summed E-state index contributed by atoms with van der Waals surface area (Å²) >= 11 is 0. The molecule has 0 unspecified atom stereocenters. The highest BCUT2D eigenvalue weighted by atomic mass is 127. The summed E-state index contributed by atoms with van der Waals surface area (Å²) < 4.78 is 7.18. The van der Waals surface area contributed by atoms with E-state index in [1.165, 1.54) is 5.56 Å². The molecule has 0 saturated heterocycles. The lowest BCUT2D eigenvalue weighted by molar-refractivity contribution is 0.414. The van der Waals surface area contributed by atoms with Crippen LogP contribution in [0.1, 0.15) is 18.4 Å². The molecule has 1 heterocycles. The summed E-state index contributed by atoms with van der Waals surface area (Å²) in [4.78, 5) is 6.46. The van der Waals surface area contributed by atoms with E-state index in [1.54, 1.807) is 19.8 Å². The quantitative estimate of drug-likeness (QED) is 0.285. The zero-order valence-electron chi connectivity index (χ0n) is 15.1. The van der Waals surface area contributed by atoms with Gasteiger partial charge >= 0.3 is 0 Å². The predicted octanol–water partition coefficient (Wildman–Crippen LogP) is 2.39. The highest BCUT2D eigenvalue weighted by molar-refractivity contribution is 14.0. The number of ether oxygens (including phenoxy) is 1. The normalized spacial score (nSPS) is 10.9. The summed E-state index contributed by atoms with van der Waals surface area (Å²) in [6, 6.07) is 8.10. The Morgan fingerprint density at radius 2 is 1.88 bits per heavy atom. The molecule has 1 aromatic carbocycles. The first-order valence-corrected chi connectivity index (χ1v) is 8.10. The van der Waals surface area contributed by atoms with Crippen molar-refractivity contribution in [1.29, 1.82) is 0 Å². The van der Waals surface area contributed by atoms with E-state index in [1.807, 2.05) is 30.8 Å². The zero-order chi connectivity index (χ0) is 17.2. The third-order valence-electron chi connectivity index (χ3n) is 3.74. The Hall–Kier alpha value is -1.84. The minimum Gasteiger partial charge on any atom is -0.497 e. The summed E-state index contributed by atoms with van der Waals surface area (Å²) in [6.45, 7) is 2.63. The van der Waals surface area contributed by atoms with Crippen LogP contribution in [0.15, 0.2) is 41.9 Å². The van der Waals surface area contributed by atoms with Gasteiger partial charge in [-0.25, -0.2) is 0 Å². The van der Waals surface area contributed by atoms with Gasteiger partial charge in [0.1, 0.15) is 18.4 Å². The van der Waals surface area contributed by atoms with Crippen molar-refractivity contribution in [2.24, 2.45) is 4.99 Å². The second-order valence-electron chi connectivity index (χ2n) is 5.58. The summed E-state index contributed by atoms with van der Waals surface area (Å²) in [5.74, 6) is 1.77. The van der Waals surface area contributed by atoms with E-state index < -0.39 is 0 Å². The number of hydrogen-bond acceptors (Lipinski definition) is 4. The monoisotopic (exact) mass is 458 g/mol. The molecule has 2 rings (SSSR count). The van der Waals surface area contributed by atoms with Gasteiger partial charge in [0.25, 0.3) is 0 Å². The molecule has 0 saturated carbocycles. The molecule has 0 radical (unpaired) electrons. The number of nitrogens with one attached hydrogen (secondary N) is 1. The Balaban J connectivity index is 0.00000312. The van der Waals surface area contributed by atoms with Crippen LogP contribution in [0.3, 0.4) is 0 Å². The number of aromatic nitrogens is 3. The number of rotatable bonds is 8. The number of aryl methyl sites for hydroxylation is 1. The molecule has 1 aromatic heterocycles. The molecule has 0 fully saturated rings. The first-order chi connectivity index (χ1) is 11.7. The number of benzene rings is 1. The lowest BCUT2D eigenvalue weighted by atomic mass is 10.2. The second kappa shape index (κ2) is 11.7. The molecule has 1 N–H and O–H groups in total. The molecule has 25 heavy (non-hydrogen) atoms. The molecule has 0 spiro atoms. The van der Waals surface area contributed by atoms with Crippen LogP contribution in [0.2, 0.25) is 0 Å². The van der Waals surface area contributed by atoms with Crippen LogP contribution in [-0.2, 0) is 13.1 Å². The third-order valence-corrected chi connectivity index (χ3v) is 3.74. The minimum atomic E-state index is 0. The SMILES string of the molecule is CN=C(NCCCCn1cnnc1)N(C)Cc1ccc(OC)cc1.I. The van der Waals surface area contributed by atoms with Gasteiger partial charge in [0.05, 0.1) is 7.11 Å². The fraction of sp³-hybridized carbons (Fsp3) is 0.471. The summed E-state index contributed by atoms with van der Waals surface area (Å²) in [6.07, 6.45) is 5.63. The number of guanidine groups is 1. The van der Waals surface area contributed by atoms with Crippen molar-refractivity contribution >= 4 is 29.9 Å². The topological polar surface area (TPSA) is 67.6 Å². The lowest BCUT2D eigenvalue weighted by Crippen LogP contribution is -2.38. The van der Waals surface area contributed by atoms with Crippen molar-refractivity contribution in [3.63, 3.8) is 0 Å². The number of hydrogen-bond donors (Lipinski definition) is 1. The van der Waals surface area contributed by atoms with Crippen LogP contribution < -0.4 is 10.1 Å². The van der Waals surface area contributed by atoms with Crippen molar-refractivity contribution in [2.45, 2.75) is 25.9 Å². The standard InChI is InChI=1S/C17H26N6O.HI/c1-18-17(19-10-4-5-11-23-13-20-21-14-23)22(2)12-15-6-8-16(24-3)9-7-15;/h6-9,13-14H,4-5,10-12H2,1-3H3,(H,18,19);1H. The van der Waals surface area contributed by atoms with E-state index in [2.05, 4.69) is 37.5 Å². The average molecular weight is 458 g/mol. The van der Waals surface area contributed by atoms with Crippen LogP contribution in [-0.4, -0.2) is 53.4 Å². The van der Waals surface area contributed by atoms with Crippen LogP contribution >= 0.6 is 24.0 Å². The van der Waals surface area contributed by atoms with Gasteiger partial charge < -0.3 is 19.5 Å². The zero-order valence-corrected chi connectivity index (χ0v) is 17.4. The first kappa shape index (κ1) is 21.2. The number of unbranched alkanes of at least 4 members (excludes halogenated alkanes) is 1. The molecule has 8 heteroatoms. The van der Waals surface area contributed by atoms with Crippen molar-refractivity contribution in [2.75, 3.05) is 27.7 Å².